The van der Waals surface area contributed by atoms with Gasteiger partial charge in [-0.2, -0.15) is 11.8 Å². The largest absolute Gasteiger partial charge is 0.494 e. The van der Waals surface area contributed by atoms with Crippen LogP contribution >= 0.6 is 23.1 Å². The number of benzene rings is 2. The van der Waals surface area contributed by atoms with E-state index in [-0.39, 0.29) is 5.84 Å². The number of nitrogens with two attached hydrogens (primary N) is 1. The van der Waals surface area contributed by atoms with Gasteiger partial charge in [-0.15, -0.1) is 11.3 Å². The summed E-state index contributed by atoms with van der Waals surface area (Å²) < 4.78 is 11.7. The molecule has 1 aliphatic heterocycles. The third-order valence-electron chi connectivity index (χ3n) is 6.27. The summed E-state index contributed by atoms with van der Waals surface area (Å²) in [6, 6.07) is 15.6. The lowest BCUT2D eigenvalue weighted by atomic mass is 10.1. The molecular formula is C28H36N4O3S2. The van der Waals surface area contributed by atoms with Crippen LogP contribution in [0.2, 0.25) is 0 Å². The van der Waals surface area contributed by atoms with Crippen molar-refractivity contribution in [3.63, 3.8) is 0 Å². The Balaban J connectivity index is 1.15. The number of hydrogen-bond donors (Lipinski definition) is 2. The van der Waals surface area contributed by atoms with Crippen molar-refractivity contribution in [1.82, 2.24) is 9.88 Å². The maximum Gasteiger partial charge on any atom is 0.170 e. The van der Waals surface area contributed by atoms with E-state index in [1.807, 2.05) is 23.5 Å². The molecule has 4 rings (SSSR count). The molecule has 0 unspecified atom stereocenters. The molecule has 0 aliphatic carbocycles. The van der Waals surface area contributed by atoms with Gasteiger partial charge in [0.1, 0.15) is 11.5 Å². The Labute approximate surface area is 227 Å². The number of thioether (sulfide) groups is 1. The molecule has 9 heteroatoms. The van der Waals surface area contributed by atoms with E-state index in [9.17, 15) is 0 Å². The number of thiazole rings is 1. The summed E-state index contributed by atoms with van der Waals surface area (Å²) in [5.74, 6) is 4.25. The van der Waals surface area contributed by atoms with Crippen LogP contribution in [0.3, 0.4) is 0 Å². The number of aromatic nitrogens is 1. The number of oxime groups is 1. The zero-order valence-corrected chi connectivity index (χ0v) is 23.0. The first-order valence-corrected chi connectivity index (χ1v) is 14.8. The molecule has 1 aromatic heterocycles. The fourth-order valence-electron chi connectivity index (χ4n) is 4.20. The van der Waals surface area contributed by atoms with Crippen LogP contribution in [0.1, 0.15) is 34.7 Å². The predicted octanol–water partition coefficient (Wildman–Crippen LogP) is 5.43. The summed E-state index contributed by atoms with van der Waals surface area (Å²) in [6.45, 7) is 6.93. The normalized spacial score (nSPS) is 14.6. The van der Waals surface area contributed by atoms with E-state index >= 15 is 0 Å². The van der Waals surface area contributed by atoms with Crippen LogP contribution in [-0.4, -0.2) is 65.3 Å². The molecule has 0 saturated carbocycles. The van der Waals surface area contributed by atoms with Crippen molar-refractivity contribution >= 4 is 28.9 Å². The monoisotopic (exact) mass is 540 g/mol. The molecule has 3 N–H and O–H groups in total. The number of nitrogens with zero attached hydrogens (tertiary/aromatic N) is 3. The van der Waals surface area contributed by atoms with Crippen LogP contribution in [0.25, 0.3) is 11.3 Å². The minimum absolute atomic E-state index is 0.0896. The van der Waals surface area contributed by atoms with E-state index in [0.717, 1.165) is 60.0 Å². The number of amidine groups is 1. The number of aryl methyl sites for hydroxylation is 1. The van der Waals surface area contributed by atoms with Crippen molar-refractivity contribution in [2.75, 3.05) is 44.4 Å². The SMILES string of the molecule is Cc1nc(-c2ccc(OCCCCCOc3ccc(C(N)=NO)cc3)cc2)c(CCN2CCSCC2)s1. The van der Waals surface area contributed by atoms with Gasteiger partial charge in [0, 0.05) is 47.1 Å². The highest BCUT2D eigenvalue weighted by Gasteiger charge is 2.15. The molecule has 1 fully saturated rings. The fourth-order valence-corrected chi connectivity index (χ4v) is 6.12. The maximum atomic E-state index is 8.72. The van der Waals surface area contributed by atoms with Crippen LogP contribution in [-0.2, 0) is 6.42 Å². The van der Waals surface area contributed by atoms with Crippen LogP contribution < -0.4 is 15.2 Å². The smallest absolute Gasteiger partial charge is 0.170 e. The van der Waals surface area contributed by atoms with Crippen LogP contribution in [0.4, 0.5) is 0 Å². The van der Waals surface area contributed by atoms with Crippen molar-refractivity contribution in [3.05, 3.63) is 64.0 Å². The summed E-state index contributed by atoms with van der Waals surface area (Å²) in [5, 5.41) is 12.8. The Hall–Kier alpha value is -2.75. The Kier molecular flexibility index (Phi) is 10.5. The van der Waals surface area contributed by atoms with E-state index in [2.05, 4.69) is 53.0 Å². The number of ether oxygens (including phenoxy) is 2. The van der Waals surface area contributed by atoms with Gasteiger partial charge >= 0.3 is 0 Å². The Morgan fingerprint density at radius 3 is 2.22 bits per heavy atom. The van der Waals surface area contributed by atoms with Crippen molar-refractivity contribution in [2.45, 2.75) is 32.6 Å². The Bertz CT molecular complexity index is 1130. The molecule has 3 aromatic rings. The molecular weight excluding hydrogens is 504 g/mol. The van der Waals surface area contributed by atoms with Gasteiger partial charge in [-0.1, -0.05) is 5.16 Å². The number of hydrogen-bond acceptors (Lipinski definition) is 8. The summed E-state index contributed by atoms with van der Waals surface area (Å²) in [7, 11) is 0. The lowest BCUT2D eigenvalue weighted by molar-refractivity contribution is 0.279. The molecule has 198 valence electrons. The number of rotatable bonds is 13. The first-order valence-electron chi connectivity index (χ1n) is 12.8. The van der Waals surface area contributed by atoms with E-state index in [0.29, 0.717) is 18.8 Å². The second-order valence-corrected chi connectivity index (χ2v) is 11.5. The van der Waals surface area contributed by atoms with Gasteiger partial charge in [-0.3, -0.25) is 0 Å². The standard InChI is InChI=1S/C28H36N4O3S2/c1-21-30-27(26(37-21)13-14-32-15-19-36-20-16-32)22-5-9-24(10-6-22)34-17-3-2-4-18-35-25-11-7-23(8-12-25)28(29)31-33/h5-12,33H,2-4,13-20H2,1H3,(H2,29,31). The quantitative estimate of drug-likeness (QED) is 0.0981. The van der Waals surface area contributed by atoms with Crippen molar-refractivity contribution in [2.24, 2.45) is 10.9 Å². The third kappa shape index (κ3) is 8.38. The van der Waals surface area contributed by atoms with E-state index in [4.69, 9.17) is 25.4 Å². The molecule has 0 bridgehead atoms. The van der Waals surface area contributed by atoms with Crippen molar-refractivity contribution in [1.29, 1.82) is 0 Å². The topological polar surface area (TPSA) is 93.2 Å². The minimum atomic E-state index is 0.0896. The molecule has 2 aromatic carbocycles. The molecule has 1 saturated heterocycles. The number of unbranched alkanes of at least 4 members (excludes halogenated alkanes) is 2. The van der Waals surface area contributed by atoms with Gasteiger partial charge < -0.3 is 25.3 Å². The Morgan fingerprint density at radius 1 is 0.973 bits per heavy atom. The maximum absolute atomic E-state index is 8.72. The summed E-state index contributed by atoms with van der Waals surface area (Å²) in [4.78, 5) is 8.79. The fraction of sp³-hybridized carbons (Fsp3) is 0.429. The Morgan fingerprint density at radius 2 is 1.59 bits per heavy atom. The molecule has 0 spiro atoms. The highest BCUT2D eigenvalue weighted by molar-refractivity contribution is 7.99. The average molecular weight is 541 g/mol. The lowest BCUT2D eigenvalue weighted by Gasteiger charge is -2.25. The molecule has 0 amide bonds. The summed E-state index contributed by atoms with van der Waals surface area (Å²) in [5.41, 5.74) is 8.52. The molecule has 0 radical (unpaired) electrons. The van der Waals surface area contributed by atoms with Gasteiger partial charge in [-0.05, 0) is 81.1 Å². The van der Waals surface area contributed by atoms with E-state index < -0.39 is 0 Å². The highest BCUT2D eigenvalue weighted by Crippen LogP contribution is 2.30. The average Bonchev–Trinajstić information content (AvgIpc) is 3.32. The zero-order valence-electron chi connectivity index (χ0n) is 21.4. The molecule has 0 atom stereocenters. The lowest BCUT2D eigenvalue weighted by Crippen LogP contribution is -2.34. The zero-order chi connectivity index (χ0) is 25.9. The molecule has 7 nitrogen and oxygen atoms in total. The van der Waals surface area contributed by atoms with E-state index in [1.165, 1.54) is 29.5 Å². The molecule has 2 heterocycles. The third-order valence-corrected chi connectivity index (χ3v) is 8.25. The predicted molar refractivity (Wildman–Crippen MR) is 154 cm³/mol. The second kappa shape index (κ2) is 14.3. The van der Waals surface area contributed by atoms with Gasteiger partial charge in [0.25, 0.3) is 0 Å². The summed E-state index contributed by atoms with van der Waals surface area (Å²) >= 11 is 3.88. The minimum Gasteiger partial charge on any atom is -0.494 e. The highest BCUT2D eigenvalue weighted by atomic mass is 32.2. The van der Waals surface area contributed by atoms with Gasteiger partial charge in [0.2, 0.25) is 0 Å². The summed E-state index contributed by atoms with van der Waals surface area (Å²) in [6.07, 6.45) is 4.01. The molecule has 37 heavy (non-hydrogen) atoms. The van der Waals surface area contributed by atoms with E-state index in [1.54, 1.807) is 12.1 Å². The van der Waals surface area contributed by atoms with Crippen molar-refractivity contribution < 1.29 is 14.7 Å². The van der Waals surface area contributed by atoms with Crippen molar-refractivity contribution in [3.8, 4) is 22.8 Å². The van der Waals surface area contributed by atoms with Crippen LogP contribution in [0, 0.1) is 6.92 Å². The van der Waals surface area contributed by atoms with Gasteiger partial charge in [0.05, 0.1) is 23.9 Å². The molecule has 1 aliphatic rings. The van der Waals surface area contributed by atoms with Gasteiger partial charge in [0.15, 0.2) is 5.84 Å². The van der Waals surface area contributed by atoms with Crippen LogP contribution in [0.15, 0.2) is 53.7 Å². The first kappa shape index (κ1) is 27.3. The first-order chi connectivity index (χ1) is 18.1. The van der Waals surface area contributed by atoms with Crippen LogP contribution in [0.5, 0.6) is 11.5 Å². The van der Waals surface area contributed by atoms with Gasteiger partial charge in [-0.25, -0.2) is 4.98 Å². The second-order valence-electron chi connectivity index (χ2n) is 9.00.